The second-order valence-electron chi connectivity index (χ2n) is 10.3. The molecule has 0 aliphatic carbocycles. The number of carbonyl (C=O) groups is 3. The molecule has 4 aromatic carbocycles. The van der Waals surface area contributed by atoms with E-state index < -0.39 is 11.8 Å². The number of aryl methyl sites for hydroxylation is 6. The Morgan fingerprint density at radius 2 is 0.927 bits per heavy atom. The van der Waals surface area contributed by atoms with Gasteiger partial charge in [-0.2, -0.15) is 0 Å². The number of hydrogen-bond acceptors (Lipinski definition) is 6. The molecule has 0 fully saturated rings. The zero-order chi connectivity index (χ0) is 30.0. The highest BCUT2D eigenvalue weighted by atomic mass is 16.5. The first-order valence-electron chi connectivity index (χ1n) is 13.3. The van der Waals surface area contributed by atoms with Crippen LogP contribution in [0.4, 0.5) is 0 Å². The lowest BCUT2D eigenvalue weighted by Crippen LogP contribution is -2.19. The van der Waals surface area contributed by atoms with Crippen LogP contribution >= 0.6 is 0 Å². The molecule has 0 heterocycles. The third-order valence-electron chi connectivity index (χ3n) is 7.14. The summed E-state index contributed by atoms with van der Waals surface area (Å²) in [6.07, 6.45) is 0. The quantitative estimate of drug-likeness (QED) is 0.131. The van der Waals surface area contributed by atoms with E-state index in [0.29, 0.717) is 11.1 Å². The first-order chi connectivity index (χ1) is 19.5. The van der Waals surface area contributed by atoms with Crippen molar-refractivity contribution >= 4 is 17.5 Å². The number of hydrogen-bond donors (Lipinski definition) is 0. The van der Waals surface area contributed by atoms with Crippen molar-refractivity contribution in [2.75, 3.05) is 14.2 Å². The molecule has 0 atom stereocenters. The van der Waals surface area contributed by atoms with Crippen LogP contribution in [0.3, 0.4) is 0 Å². The molecule has 0 aliphatic heterocycles. The van der Waals surface area contributed by atoms with Gasteiger partial charge in [0.05, 0.1) is 19.8 Å². The molecule has 0 aromatic heterocycles. The van der Waals surface area contributed by atoms with E-state index >= 15 is 0 Å². The summed E-state index contributed by atoms with van der Waals surface area (Å²) >= 11 is 0. The monoisotopic (exact) mass is 550 g/mol. The average molecular weight is 551 g/mol. The van der Waals surface area contributed by atoms with Crippen molar-refractivity contribution < 1.29 is 28.6 Å². The molecule has 6 heteroatoms. The highest BCUT2D eigenvalue weighted by Crippen LogP contribution is 2.34. The average Bonchev–Trinajstić information content (AvgIpc) is 2.91. The molecule has 0 radical (unpaired) electrons. The van der Waals surface area contributed by atoms with Gasteiger partial charge in [-0.1, -0.05) is 53.6 Å². The lowest BCUT2D eigenvalue weighted by Gasteiger charge is -2.18. The van der Waals surface area contributed by atoms with Gasteiger partial charge in [-0.15, -0.1) is 0 Å². The Labute approximate surface area is 240 Å². The lowest BCUT2D eigenvalue weighted by atomic mass is 9.86. The molecule has 41 heavy (non-hydrogen) atoms. The highest BCUT2D eigenvalue weighted by Gasteiger charge is 2.30. The third kappa shape index (κ3) is 5.64. The minimum atomic E-state index is -0.780. The predicted octanol–water partition coefficient (Wildman–Crippen LogP) is 7.24. The number of esters is 1. The molecule has 0 spiro atoms. The maximum Gasteiger partial charge on any atom is 0.351 e. The number of carbonyl (C=O) groups excluding carboxylic acids is 3. The maximum absolute atomic E-state index is 14.4. The third-order valence-corrected chi connectivity index (χ3v) is 7.14. The molecule has 0 bridgehead atoms. The number of methoxy groups -OCH3 is 2. The predicted molar refractivity (Wildman–Crippen MR) is 159 cm³/mol. The van der Waals surface area contributed by atoms with Gasteiger partial charge in [-0.3, -0.25) is 9.59 Å². The zero-order valence-electron chi connectivity index (χ0n) is 24.7. The largest absolute Gasteiger partial charge is 0.496 e. The fraction of sp³-hybridized carbons (Fsp3) is 0.229. The minimum Gasteiger partial charge on any atom is -0.496 e. The van der Waals surface area contributed by atoms with Gasteiger partial charge in [-0.05, 0) is 82.0 Å². The molecular formula is C35H34O6. The molecule has 0 aliphatic rings. The molecule has 0 N–H and O–H groups in total. The van der Waals surface area contributed by atoms with E-state index in [2.05, 4.69) is 0 Å². The van der Waals surface area contributed by atoms with Gasteiger partial charge >= 0.3 is 5.97 Å². The number of ether oxygens (including phenoxy) is 3. The van der Waals surface area contributed by atoms with E-state index in [9.17, 15) is 14.4 Å². The van der Waals surface area contributed by atoms with Crippen LogP contribution in [0.15, 0.2) is 60.7 Å². The van der Waals surface area contributed by atoms with Gasteiger partial charge in [0.1, 0.15) is 22.8 Å². The van der Waals surface area contributed by atoms with Gasteiger partial charge in [-0.25, -0.2) is 4.79 Å². The molecule has 4 aromatic rings. The van der Waals surface area contributed by atoms with Crippen molar-refractivity contribution in [2.45, 2.75) is 41.5 Å². The summed E-state index contributed by atoms with van der Waals surface area (Å²) in [7, 11) is 2.88. The normalized spacial score (nSPS) is 10.7. The Morgan fingerprint density at radius 1 is 0.512 bits per heavy atom. The zero-order valence-corrected chi connectivity index (χ0v) is 24.7. The molecule has 0 saturated heterocycles. The number of ketones is 2. The van der Waals surface area contributed by atoms with E-state index in [1.165, 1.54) is 20.3 Å². The second-order valence-corrected chi connectivity index (χ2v) is 10.3. The SMILES string of the molecule is COc1cccc(OC)c1C(=O)Oc1cccc(C(=O)c2c(C)cc(C)cc2C)c1C(=O)c1c(C)cc(C)cc1C. The van der Waals surface area contributed by atoms with Crippen LogP contribution in [-0.4, -0.2) is 31.8 Å². The molecule has 0 saturated carbocycles. The maximum atomic E-state index is 14.4. The van der Waals surface area contributed by atoms with Crippen LogP contribution in [0.5, 0.6) is 17.2 Å². The number of rotatable bonds is 8. The van der Waals surface area contributed by atoms with Crippen molar-refractivity contribution in [1.29, 1.82) is 0 Å². The Morgan fingerprint density at radius 3 is 1.39 bits per heavy atom. The van der Waals surface area contributed by atoms with Gasteiger partial charge in [0.25, 0.3) is 0 Å². The van der Waals surface area contributed by atoms with Crippen LogP contribution in [0.25, 0.3) is 0 Å². The molecule has 4 rings (SSSR count). The van der Waals surface area contributed by atoms with Crippen LogP contribution in [0, 0.1) is 41.5 Å². The Balaban J connectivity index is 1.95. The van der Waals surface area contributed by atoms with Gasteiger partial charge < -0.3 is 14.2 Å². The Bertz CT molecular complexity index is 1630. The van der Waals surface area contributed by atoms with Crippen LogP contribution in [0.1, 0.15) is 75.6 Å². The summed E-state index contributed by atoms with van der Waals surface area (Å²) in [5, 5.41) is 0. The summed E-state index contributed by atoms with van der Waals surface area (Å²) in [6, 6.07) is 17.4. The van der Waals surface area contributed by atoms with E-state index in [4.69, 9.17) is 14.2 Å². The summed E-state index contributed by atoms with van der Waals surface area (Å²) < 4.78 is 16.7. The molecule has 0 unspecified atom stereocenters. The van der Waals surface area contributed by atoms with Gasteiger partial charge in [0, 0.05) is 16.7 Å². The summed E-state index contributed by atoms with van der Waals surface area (Å²) in [5.41, 5.74) is 6.40. The lowest BCUT2D eigenvalue weighted by molar-refractivity contribution is 0.0724. The molecule has 0 amide bonds. The topological polar surface area (TPSA) is 78.9 Å². The first kappa shape index (κ1) is 29.3. The smallest absolute Gasteiger partial charge is 0.351 e. The Hall–Kier alpha value is -4.71. The van der Waals surface area contributed by atoms with E-state index in [1.807, 2.05) is 65.8 Å². The van der Waals surface area contributed by atoms with Crippen molar-refractivity contribution in [3.63, 3.8) is 0 Å². The summed E-state index contributed by atoms with van der Waals surface area (Å²) in [6.45, 7) is 11.4. The van der Waals surface area contributed by atoms with Crippen LogP contribution < -0.4 is 14.2 Å². The summed E-state index contributed by atoms with van der Waals surface area (Å²) in [4.78, 5) is 42.1. The molecular weight excluding hydrogens is 516 g/mol. The van der Waals surface area contributed by atoms with Crippen LogP contribution in [0.2, 0.25) is 0 Å². The standard InChI is InChI=1S/C35H34O6/c1-19-15-21(3)29(22(4)16-19)33(36)25-11-9-14-28(31(25)34(37)30-23(5)17-20(2)18-24(30)6)41-35(38)32-26(39-7)12-10-13-27(32)40-8/h9-18H,1-8H3. The highest BCUT2D eigenvalue weighted by molar-refractivity contribution is 6.22. The van der Waals surface area contributed by atoms with Crippen LogP contribution in [-0.2, 0) is 0 Å². The minimum absolute atomic E-state index is 0.0224. The molecule has 210 valence electrons. The van der Waals surface area contributed by atoms with Gasteiger partial charge in [0.15, 0.2) is 11.6 Å². The van der Waals surface area contributed by atoms with Gasteiger partial charge in [0.2, 0.25) is 0 Å². The number of benzene rings is 4. The van der Waals surface area contributed by atoms with E-state index in [1.54, 1.807) is 30.3 Å². The second kappa shape index (κ2) is 11.8. The van der Waals surface area contributed by atoms with Crippen molar-refractivity contribution in [3.05, 3.63) is 122 Å². The van der Waals surface area contributed by atoms with Crippen molar-refractivity contribution in [2.24, 2.45) is 0 Å². The Kier molecular flexibility index (Phi) is 8.43. The van der Waals surface area contributed by atoms with E-state index in [-0.39, 0.29) is 39.7 Å². The fourth-order valence-electron chi connectivity index (χ4n) is 5.58. The van der Waals surface area contributed by atoms with E-state index in [0.717, 1.165) is 33.4 Å². The van der Waals surface area contributed by atoms with Crippen molar-refractivity contribution in [3.8, 4) is 17.2 Å². The summed E-state index contributed by atoms with van der Waals surface area (Å²) in [5.74, 6) is -1.02. The molecule has 6 nitrogen and oxygen atoms in total. The van der Waals surface area contributed by atoms with Crippen molar-refractivity contribution in [1.82, 2.24) is 0 Å². The fourth-order valence-corrected chi connectivity index (χ4v) is 5.58. The first-order valence-corrected chi connectivity index (χ1v) is 13.3.